The highest BCUT2D eigenvalue weighted by Gasteiger charge is 2.18. The monoisotopic (exact) mass is 339 g/mol. The summed E-state index contributed by atoms with van der Waals surface area (Å²) >= 11 is 3.04. The van der Waals surface area contributed by atoms with Gasteiger partial charge in [0.2, 0.25) is 10.0 Å². The number of methoxy groups -OCH3 is 1. The highest BCUT2D eigenvalue weighted by Crippen LogP contribution is 2.22. The summed E-state index contributed by atoms with van der Waals surface area (Å²) in [6.07, 6.45) is 0. The van der Waals surface area contributed by atoms with Gasteiger partial charge in [-0.25, -0.2) is 17.5 Å². The standard InChI is InChI=1S/C11H15BrFNO3S/c1-8(7-17-2)6-14-18(15,16)11-4-3-9(13)5-10(11)12/h3-5,8,14H,6-7H2,1-2H3. The molecule has 0 amide bonds. The fraction of sp³-hybridized carbons (Fsp3) is 0.455. The Morgan fingerprint density at radius 3 is 2.72 bits per heavy atom. The van der Waals surface area contributed by atoms with E-state index in [-0.39, 0.29) is 21.8 Å². The van der Waals surface area contributed by atoms with Crippen molar-refractivity contribution in [1.82, 2.24) is 4.72 Å². The van der Waals surface area contributed by atoms with Gasteiger partial charge in [-0.2, -0.15) is 0 Å². The van der Waals surface area contributed by atoms with Gasteiger partial charge in [0.1, 0.15) is 5.82 Å². The number of hydrogen-bond donors (Lipinski definition) is 1. The molecule has 0 aliphatic carbocycles. The Labute approximate surface area is 115 Å². The third-order valence-electron chi connectivity index (χ3n) is 2.26. The summed E-state index contributed by atoms with van der Waals surface area (Å²) in [7, 11) is -2.08. The number of halogens is 2. The Hall–Kier alpha value is -0.500. The Morgan fingerprint density at radius 1 is 1.50 bits per heavy atom. The zero-order valence-electron chi connectivity index (χ0n) is 10.1. The van der Waals surface area contributed by atoms with Crippen LogP contribution in [0, 0.1) is 11.7 Å². The summed E-state index contributed by atoms with van der Waals surface area (Å²) in [5.74, 6) is -0.433. The first-order valence-corrected chi connectivity index (χ1v) is 7.58. The molecule has 0 saturated heterocycles. The minimum absolute atomic E-state index is 0.0218. The van der Waals surface area contributed by atoms with E-state index >= 15 is 0 Å². The highest BCUT2D eigenvalue weighted by molar-refractivity contribution is 9.10. The maximum Gasteiger partial charge on any atom is 0.241 e. The van der Waals surface area contributed by atoms with E-state index in [1.165, 1.54) is 6.07 Å². The van der Waals surface area contributed by atoms with Crippen LogP contribution in [0.2, 0.25) is 0 Å². The maximum absolute atomic E-state index is 12.9. The number of benzene rings is 1. The second-order valence-corrected chi connectivity index (χ2v) is 6.58. The fourth-order valence-corrected chi connectivity index (χ4v) is 3.58. The van der Waals surface area contributed by atoms with Crippen molar-refractivity contribution >= 4 is 26.0 Å². The smallest absolute Gasteiger partial charge is 0.241 e. The molecule has 1 rings (SSSR count). The van der Waals surface area contributed by atoms with Crippen LogP contribution in [0.15, 0.2) is 27.6 Å². The van der Waals surface area contributed by atoms with Crippen LogP contribution in [0.4, 0.5) is 4.39 Å². The van der Waals surface area contributed by atoms with Crippen molar-refractivity contribution in [3.8, 4) is 0 Å². The molecular weight excluding hydrogens is 325 g/mol. The Morgan fingerprint density at radius 2 is 2.17 bits per heavy atom. The zero-order valence-corrected chi connectivity index (χ0v) is 12.5. The summed E-state index contributed by atoms with van der Waals surface area (Å²) in [6.45, 7) is 2.60. The van der Waals surface area contributed by atoms with Crippen LogP contribution in [0.25, 0.3) is 0 Å². The van der Waals surface area contributed by atoms with E-state index in [0.717, 1.165) is 12.1 Å². The molecule has 1 unspecified atom stereocenters. The van der Waals surface area contributed by atoms with Gasteiger partial charge < -0.3 is 4.74 Å². The predicted molar refractivity (Wildman–Crippen MR) is 70.3 cm³/mol. The van der Waals surface area contributed by atoms with Crippen LogP contribution in [0.3, 0.4) is 0 Å². The van der Waals surface area contributed by atoms with E-state index in [0.29, 0.717) is 6.61 Å². The van der Waals surface area contributed by atoms with Crippen LogP contribution in [0.1, 0.15) is 6.92 Å². The van der Waals surface area contributed by atoms with Crippen molar-refractivity contribution in [1.29, 1.82) is 0 Å². The van der Waals surface area contributed by atoms with Crippen LogP contribution in [-0.2, 0) is 14.8 Å². The topological polar surface area (TPSA) is 55.4 Å². The lowest BCUT2D eigenvalue weighted by atomic mass is 10.2. The molecule has 102 valence electrons. The third kappa shape index (κ3) is 4.31. The van der Waals surface area contributed by atoms with Crippen LogP contribution < -0.4 is 4.72 Å². The molecule has 0 aliphatic heterocycles. The second kappa shape index (κ2) is 6.60. The number of ether oxygens (including phenoxy) is 1. The van der Waals surface area contributed by atoms with Crippen molar-refractivity contribution in [3.63, 3.8) is 0 Å². The molecule has 1 N–H and O–H groups in total. The van der Waals surface area contributed by atoms with E-state index < -0.39 is 15.8 Å². The summed E-state index contributed by atoms with van der Waals surface area (Å²) < 4.78 is 44.4. The van der Waals surface area contributed by atoms with Gasteiger partial charge in [0.15, 0.2) is 0 Å². The summed E-state index contributed by atoms with van der Waals surface area (Å²) in [5.41, 5.74) is 0. The fourth-order valence-electron chi connectivity index (χ4n) is 1.37. The van der Waals surface area contributed by atoms with E-state index in [1.807, 2.05) is 6.92 Å². The van der Waals surface area contributed by atoms with Gasteiger partial charge in [-0.05, 0) is 40.0 Å². The van der Waals surface area contributed by atoms with Gasteiger partial charge in [0.25, 0.3) is 0 Å². The Kier molecular flexibility index (Phi) is 5.71. The largest absolute Gasteiger partial charge is 0.384 e. The number of sulfonamides is 1. The van der Waals surface area contributed by atoms with Crippen LogP contribution in [-0.4, -0.2) is 28.7 Å². The summed E-state index contributed by atoms with van der Waals surface area (Å²) in [5, 5.41) is 0. The quantitative estimate of drug-likeness (QED) is 0.863. The first kappa shape index (κ1) is 15.6. The average molecular weight is 340 g/mol. The normalized spacial score (nSPS) is 13.6. The van der Waals surface area contributed by atoms with Gasteiger partial charge in [-0.1, -0.05) is 6.92 Å². The van der Waals surface area contributed by atoms with Crippen molar-refractivity contribution in [2.75, 3.05) is 20.3 Å². The minimum atomic E-state index is -3.64. The van der Waals surface area contributed by atoms with E-state index in [2.05, 4.69) is 20.7 Å². The van der Waals surface area contributed by atoms with Gasteiger partial charge in [-0.15, -0.1) is 0 Å². The Bertz CT molecular complexity index is 507. The first-order chi connectivity index (χ1) is 8.36. The van der Waals surface area contributed by atoms with Crippen LogP contribution >= 0.6 is 15.9 Å². The van der Waals surface area contributed by atoms with E-state index in [4.69, 9.17) is 4.74 Å². The molecule has 4 nitrogen and oxygen atoms in total. The number of hydrogen-bond acceptors (Lipinski definition) is 3. The molecule has 0 aliphatic rings. The average Bonchev–Trinajstić information content (AvgIpc) is 2.26. The van der Waals surface area contributed by atoms with Crippen LogP contribution in [0.5, 0.6) is 0 Å². The van der Waals surface area contributed by atoms with Crippen molar-refractivity contribution in [3.05, 3.63) is 28.5 Å². The molecule has 0 radical (unpaired) electrons. The summed E-state index contributed by atoms with van der Waals surface area (Å²) in [6, 6.07) is 3.45. The van der Waals surface area contributed by atoms with Crippen molar-refractivity contribution < 1.29 is 17.5 Å². The molecule has 1 aromatic carbocycles. The molecule has 0 bridgehead atoms. The van der Waals surface area contributed by atoms with Crippen molar-refractivity contribution in [2.45, 2.75) is 11.8 Å². The molecule has 7 heteroatoms. The summed E-state index contributed by atoms with van der Waals surface area (Å²) in [4.78, 5) is 0.0218. The van der Waals surface area contributed by atoms with E-state index in [9.17, 15) is 12.8 Å². The van der Waals surface area contributed by atoms with Gasteiger partial charge in [0.05, 0.1) is 4.90 Å². The molecule has 0 heterocycles. The lowest BCUT2D eigenvalue weighted by Gasteiger charge is -2.12. The molecule has 1 atom stereocenters. The lowest BCUT2D eigenvalue weighted by Crippen LogP contribution is -2.30. The molecule has 0 spiro atoms. The molecule has 18 heavy (non-hydrogen) atoms. The third-order valence-corrected chi connectivity index (χ3v) is 4.66. The molecular formula is C11H15BrFNO3S. The first-order valence-electron chi connectivity index (χ1n) is 5.30. The van der Waals surface area contributed by atoms with Gasteiger partial charge in [-0.3, -0.25) is 0 Å². The molecule has 0 fully saturated rings. The number of rotatable bonds is 6. The maximum atomic E-state index is 12.9. The number of nitrogens with one attached hydrogen (secondary N) is 1. The zero-order chi connectivity index (χ0) is 13.8. The minimum Gasteiger partial charge on any atom is -0.384 e. The van der Waals surface area contributed by atoms with Gasteiger partial charge in [0, 0.05) is 24.7 Å². The van der Waals surface area contributed by atoms with Crippen molar-refractivity contribution in [2.24, 2.45) is 5.92 Å². The SMILES string of the molecule is COCC(C)CNS(=O)(=O)c1ccc(F)cc1Br. The lowest BCUT2D eigenvalue weighted by molar-refractivity contribution is 0.161. The Balaban J connectivity index is 2.80. The highest BCUT2D eigenvalue weighted by atomic mass is 79.9. The predicted octanol–water partition coefficient (Wildman–Crippen LogP) is 2.15. The molecule has 0 saturated carbocycles. The molecule has 0 aromatic heterocycles. The van der Waals surface area contributed by atoms with Gasteiger partial charge >= 0.3 is 0 Å². The van der Waals surface area contributed by atoms with E-state index in [1.54, 1.807) is 7.11 Å². The second-order valence-electron chi connectivity index (χ2n) is 3.99. The molecule has 1 aromatic rings.